The van der Waals surface area contributed by atoms with Crippen molar-refractivity contribution in [3.63, 3.8) is 0 Å². The molecule has 4 heterocycles. The van der Waals surface area contributed by atoms with Gasteiger partial charge in [-0.05, 0) is 56.8 Å². The van der Waals surface area contributed by atoms with Gasteiger partial charge in [0.15, 0.2) is 11.9 Å². The summed E-state index contributed by atoms with van der Waals surface area (Å²) in [5.41, 5.74) is -0.796. The molecule has 10 atom stereocenters. The molecule has 2 amide bonds. The van der Waals surface area contributed by atoms with Gasteiger partial charge < -0.3 is 35.1 Å². The zero-order valence-corrected chi connectivity index (χ0v) is 26.0. The number of esters is 1. The number of amides is 2. The van der Waals surface area contributed by atoms with Gasteiger partial charge in [-0.1, -0.05) is 27.7 Å². The van der Waals surface area contributed by atoms with E-state index in [-0.39, 0.29) is 49.4 Å². The second-order valence-corrected chi connectivity index (χ2v) is 13.3. The van der Waals surface area contributed by atoms with Crippen molar-refractivity contribution < 1.29 is 58.2 Å². The van der Waals surface area contributed by atoms with E-state index in [1.165, 1.54) is 0 Å². The summed E-state index contributed by atoms with van der Waals surface area (Å²) in [4.78, 5) is 72.8. The summed E-state index contributed by atoms with van der Waals surface area (Å²) in [7, 11) is 0. The van der Waals surface area contributed by atoms with E-state index in [0.29, 0.717) is 12.3 Å². The summed E-state index contributed by atoms with van der Waals surface area (Å²) in [6.07, 6.45) is 0.558. The highest BCUT2D eigenvalue weighted by molar-refractivity contribution is 5.91. The molecule has 5 rings (SSSR count). The molecule has 14 nitrogen and oxygen atoms in total. The number of hydrogen-bond donors (Lipinski definition) is 4. The normalized spacial score (nSPS) is 35.5. The molecular weight excluding hydrogens is 580 g/mol. The van der Waals surface area contributed by atoms with Gasteiger partial charge in [0.25, 0.3) is 0 Å². The van der Waals surface area contributed by atoms with E-state index in [0.717, 1.165) is 19.3 Å². The lowest BCUT2D eigenvalue weighted by Gasteiger charge is -2.59. The zero-order valence-electron chi connectivity index (χ0n) is 26.0. The summed E-state index contributed by atoms with van der Waals surface area (Å²) in [5, 5.41) is 23.1. The average molecular weight is 627 g/mol. The van der Waals surface area contributed by atoms with E-state index < -0.39 is 72.2 Å². The predicted molar refractivity (Wildman–Crippen MR) is 150 cm³/mol. The smallest absolute Gasteiger partial charge is 0.326 e. The molecule has 14 heteroatoms. The van der Waals surface area contributed by atoms with Gasteiger partial charge in [0.2, 0.25) is 23.9 Å². The molecule has 5 aliphatic rings. The van der Waals surface area contributed by atoms with Gasteiger partial charge in [0.1, 0.15) is 12.1 Å². The van der Waals surface area contributed by atoms with Gasteiger partial charge in [-0.2, -0.15) is 0 Å². The van der Waals surface area contributed by atoms with Crippen LogP contribution < -0.4 is 10.6 Å². The molecule has 4 aliphatic heterocycles. The molecule has 0 radical (unpaired) electrons. The fraction of sp³-hybridized carbons (Fsp3) is 0.833. The highest BCUT2D eigenvalue weighted by Gasteiger charge is 2.69. The van der Waals surface area contributed by atoms with Gasteiger partial charge in [-0.15, -0.1) is 0 Å². The van der Waals surface area contributed by atoms with E-state index >= 15 is 0 Å². The number of hydrogen-bond acceptors (Lipinski definition) is 10. The Balaban J connectivity index is 1.34. The number of nitrogens with one attached hydrogen (secondary N) is 2. The van der Waals surface area contributed by atoms with Crippen molar-refractivity contribution in [2.45, 2.75) is 128 Å². The number of ether oxygens (including phenoxy) is 3. The van der Waals surface area contributed by atoms with Crippen LogP contribution >= 0.6 is 0 Å². The maximum absolute atomic E-state index is 12.9. The SMILES string of the molecule is CC(C)C[C@H](NC(=O)CCC(=O)O[C@@H]1O[C@H]2O[C@@]3(C)CC[C@H]4[C@H](C)CC[C@H]([C@H]1C)[C@@]24OO3)C(=O)N[C@H](CCC(=O)O)C(=O)O. The minimum atomic E-state index is -1.42. The lowest BCUT2D eigenvalue weighted by molar-refractivity contribution is -0.576. The third kappa shape index (κ3) is 7.35. The van der Waals surface area contributed by atoms with Crippen molar-refractivity contribution in [1.29, 1.82) is 0 Å². The average Bonchev–Trinajstić information content (AvgIpc) is 3.17. The number of rotatable bonds is 13. The van der Waals surface area contributed by atoms with Crippen molar-refractivity contribution >= 4 is 29.7 Å². The molecule has 0 aromatic heterocycles. The van der Waals surface area contributed by atoms with Crippen LogP contribution in [0.15, 0.2) is 0 Å². The Morgan fingerprint density at radius 2 is 1.66 bits per heavy atom. The molecular formula is C30H46N2O12. The number of aliphatic carboxylic acids is 2. The molecule has 4 N–H and O–H groups in total. The Hall–Kier alpha value is -2.81. The van der Waals surface area contributed by atoms with Gasteiger partial charge in [0, 0.05) is 31.1 Å². The largest absolute Gasteiger partial charge is 0.481 e. The first-order chi connectivity index (χ1) is 20.6. The fourth-order valence-corrected chi connectivity index (χ4v) is 7.18. The summed E-state index contributed by atoms with van der Waals surface area (Å²) in [6, 6.07) is -2.50. The molecule has 248 valence electrons. The Labute approximate surface area is 256 Å². The van der Waals surface area contributed by atoms with Crippen LogP contribution in [0.2, 0.25) is 0 Å². The molecule has 44 heavy (non-hydrogen) atoms. The Bertz CT molecular complexity index is 1120. The van der Waals surface area contributed by atoms with Crippen LogP contribution in [0.1, 0.15) is 92.4 Å². The van der Waals surface area contributed by atoms with Gasteiger partial charge >= 0.3 is 17.9 Å². The number of carboxylic acid groups (broad SMARTS) is 2. The lowest BCUT2D eigenvalue weighted by atomic mass is 9.58. The first-order valence-electron chi connectivity index (χ1n) is 15.6. The molecule has 1 saturated carbocycles. The molecule has 4 saturated heterocycles. The lowest BCUT2D eigenvalue weighted by Crippen LogP contribution is -2.70. The van der Waals surface area contributed by atoms with Crippen molar-refractivity contribution in [2.75, 3.05) is 0 Å². The van der Waals surface area contributed by atoms with Crippen molar-refractivity contribution in [3.05, 3.63) is 0 Å². The highest BCUT2D eigenvalue weighted by Crippen LogP contribution is 2.60. The van der Waals surface area contributed by atoms with Crippen LogP contribution in [0.3, 0.4) is 0 Å². The minimum absolute atomic E-state index is 0.0352. The van der Waals surface area contributed by atoms with Crippen LogP contribution in [0.4, 0.5) is 0 Å². The van der Waals surface area contributed by atoms with Crippen LogP contribution in [-0.4, -0.2) is 76.0 Å². The molecule has 5 fully saturated rings. The first-order valence-corrected chi connectivity index (χ1v) is 15.6. The second kappa shape index (κ2) is 13.7. The summed E-state index contributed by atoms with van der Waals surface area (Å²) < 4.78 is 18.3. The van der Waals surface area contributed by atoms with E-state index in [4.69, 9.17) is 29.1 Å². The van der Waals surface area contributed by atoms with Gasteiger partial charge in [-0.3, -0.25) is 19.2 Å². The van der Waals surface area contributed by atoms with Crippen molar-refractivity contribution in [1.82, 2.24) is 10.6 Å². The summed E-state index contributed by atoms with van der Waals surface area (Å²) in [6.45, 7) is 9.62. The minimum Gasteiger partial charge on any atom is -0.481 e. The topological polar surface area (TPSA) is 196 Å². The van der Waals surface area contributed by atoms with Crippen LogP contribution in [0.5, 0.6) is 0 Å². The van der Waals surface area contributed by atoms with Crippen LogP contribution in [0.25, 0.3) is 0 Å². The monoisotopic (exact) mass is 626 g/mol. The number of fused-ring (bicyclic) bond motifs is 2. The van der Waals surface area contributed by atoms with Crippen molar-refractivity contribution in [2.24, 2.45) is 29.6 Å². The standard InChI is InChI=1S/C30H46N2O12/c1-15(2)14-21(25(37)32-20(26(38)39)8-10-23(34)35)31-22(33)9-11-24(36)40-27-17(4)19-7-6-16(3)18-12-13-29(5)42-28(41-27)30(18,19)44-43-29/h15-21,27-28H,6-14H2,1-5H3,(H,31,33)(H,32,37)(H,34,35)(H,38,39)/t16-,17-,18+,19-,20-,21+,27-,28+,29-,30-/m1/s1. The summed E-state index contributed by atoms with van der Waals surface area (Å²) >= 11 is 0. The maximum Gasteiger partial charge on any atom is 0.326 e. The fourth-order valence-electron chi connectivity index (χ4n) is 7.18. The molecule has 0 aromatic rings. The molecule has 1 spiro atoms. The van der Waals surface area contributed by atoms with E-state index in [2.05, 4.69) is 17.6 Å². The van der Waals surface area contributed by atoms with Gasteiger partial charge in [-0.25, -0.2) is 14.6 Å². The Kier molecular flexibility index (Phi) is 10.6. The number of carbonyl (C=O) groups is 5. The zero-order chi connectivity index (χ0) is 32.4. The third-order valence-electron chi connectivity index (χ3n) is 9.52. The molecule has 0 aromatic carbocycles. The van der Waals surface area contributed by atoms with Crippen LogP contribution in [0, 0.1) is 29.6 Å². The van der Waals surface area contributed by atoms with E-state index in [1.54, 1.807) is 0 Å². The first kappa shape index (κ1) is 34.1. The third-order valence-corrected chi connectivity index (χ3v) is 9.52. The Morgan fingerprint density at radius 3 is 2.32 bits per heavy atom. The molecule has 2 bridgehead atoms. The summed E-state index contributed by atoms with van der Waals surface area (Å²) in [5.74, 6) is -5.28. The Morgan fingerprint density at radius 1 is 0.932 bits per heavy atom. The number of carboxylic acids is 2. The quantitative estimate of drug-likeness (QED) is 0.172. The number of carbonyl (C=O) groups excluding carboxylic acids is 3. The van der Waals surface area contributed by atoms with Crippen LogP contribution in [-0.2, 0) is 48.0 Å². The molecule has 1 aliphatic carbocycles. The maximum atomic E-state index is 12.9. The van der Waals surface area contributed by atoms with Gasteiger partial charge in [0.05, 0.1) is 6.42 Å². The predicted octanol–water partition coefficient (Wildman–Crippen LogP) is 2.48. The second-order valence-electron chi connectivity index (χ2n) is 13.3. The van der Waals surface area contributed by atoms with E-state index in [9.17, 15) is 29.1 Å². The molecule has 0 unspecified atom stereocenters. The van der Waals surface area contributed by atoms with Crippen molar-refractivity contribution in [3.8, 4) is 0 Å². The van der Waals surface area contributed by atoms with E-state index in [1.807, 2.05) is 27.7 Å². The highest BCUT2D eigenvalue weighted by atomic mass is 17.3.